The van der Waals surface area contributed by atoms with Gasteiger partial charge >= 0.3 is 0 Å². The van der Waals surface area contributed by atoms with E-state index in [2.05, 4.69) is 5.32 Å². The molecule has 0 fully saturated rings. The molecule has 0 unspecified atom stereocenters. The van der Waals surface area contributed by atoms with E-state index in [1.54, 1.807) is 21.3 Å². The third-order valence-electron chi connectivity index (χ3n) is 2.78. The molecule has 3 N–H and O–H groups in total. The van der Waals surface area contributed by atoms with Gasteiger partial charge in [-0.1, -0.05) is 6.07 Å². The van der Waals surface area contributed by atoms with Crippen LogP contribution >= 0.6 is 0 Å². The lowest BCUT2D eigenvalue weighted by molar-refractivity contribution is 0.321. The van der Waals surface area contributed by atoms with Crippen LogP contribution in [0.5, 0.6) is 17.2 Å². The van der Waals surface area contributed by atoms with Crippen molar-refractivity contribution >= 4 is 0 Å². The van der Waals surface area contributed by atoms with E-state index in [4.69, 9.17) is 19.9 Å². The fraction of sp³-hybridized carbons (Fsp3) is 0.538. The Morgan fingerprint density at radius 1 is 1.11 bits per heavy atom. The number of nitrogens with one attached hydrogen (secondary N) is 1. The molecule has 102 valence electrons. The molecular formula is C13H22N2O3. The zero-order valence-electron chi connectivity index (χ0n) is 11.4. The monoisotopic (exact) mass is 254 g/mol. The molecule has 18 heavy (non-hydrogen) atoms. The van der Waals surface area contributed by atoms with Crippen molar-refractivity contribution in [3.05, 3.63) is 17.7 Å². The van der Waals surface area contributed by atoms with Crippen molar-refractivity contribution in [1.82, 2.24) is 5.32 Å². The molecule has 0 saturated heterocycles. The molecule has 0 aliphatic carbocycles. The van der Waals surface area contributed by atoms with Crippen LogP contribution in [0, 0.1) is 0 Å². The maximum absolute atomic E-state index is 5.57. The first-order chi connectivity index (χ1) is 8.67. The Balaban J connectivity index is 2.97. The topological polar surface area (TPSA) is 65.7 Å². The van der Waals surface area contributed by atoms with Gasteiger partial charge in [-0.2, -0.15) is 0 Å². The molecule has 1 atom stereocenters. The van der Waals surface area contributed by atoms with Crippen molar-refractivity contribution in [2.24, 2.45) is 5.73 Å². The molecule has 5 heteroatoms. The molecule has 0 amide bonds. The molecule has 0 radical (unpaired) electrons. The summed E-state index contributed by atoms with van der Waals surface area (Å²) in [4.78, 5) is 0. The van der Waals surface area contributed by atoms with Crippen molar-refractivity contribution in [2.75, 3.05) is 27.9 Å². The van der Waals surface area contributed by atoms with Gasteiger partial charge in [0.25, 0.3) is 0 Å². The van der Waals surface area contributed by atoms with Crippen LogP contribution < -0.4 is 25.3 Å². The van der Waals surface area contributed by atoms with Gasteiger partial charge in [0.1, 0.15) is 0 Å². The molecule has 0 bridgehead atoms. The van der Waals surface area contributed by atoms with Gasteiger partial charge in [-0.05, 0) is 13.0 Å². The van der Waals surface area contributed by atoms with E-state index < -0.39 is 0 Å². The first-order valence-electron chi connectivity index (χ1n) is 5.89. The van der Waals surface area contributed by atoms with Crippen molar-refractivity contribution in [1.29, 1.82) is 0 Å². The second kappa shape index (κ2) is 7.08. The van der Waals surface area contributed by atoms with Gasteiger partial charge < -0.3 is 25.3 Å². The molecule has 0 saturated carbocycles. The van der Waals surface area contributed by atoms with Crippen LogP contribution in [-0.4, -0.2) is 33.9 Å². The third kappa shape index (κ3) is 3.27. The van der Waals surface area contributed by atoms with E-state index in [1.807, 2.05) is 19.1 Å². The largest absolute Gasteiger partial charge is 0.493 e. The summed E-state index contributed by atoms with van der Waals surface area (Å²) in [5, 5.41) is 3.31. The highest BCUT2D eigenvalue weighted by atomic mass is 16.5. The fourth-order valence-corrected chi connectivity index (χ4v) is 1.67. The molecule has 0 spiro atoms. The average molecular weight is 254 g/mol. The van der Waals surface area contributed by atoms with Crippen molar-refractivity contribution in [3.8, 4) is 17.2 Å². The average Bonchev–Trinajstić information content (AvgIpc) is 2.43. The summed E-state index contributed by atoms with van der Waals surface area (Å²) in [6, 6.07) is 4.07. The second-order valence-electron chi connectivity index (χ2n) is 4.01. The van der Waals surface area contributed by atoms with Crippen LogP contribution in [-0.2, 0) is 6.54 Å². The molecule has 1 aromatic rings. The lowest BCUT2D eigenvalue weighted by atomic mass is 10.1. The Morgan fingerprint density at radius 2 is 1.78 bits per heavy atom. The predicted octanol–water partition coefficient (Wildman–Crippen LogP) is 1.15. The molecule has 0 aliphatic heterocycles. The minimum Gasteiger partial charge on any atom is -0.493 e. The minimum atomic E-state index is 0.253. The number of ether oxygens (including phenoxy) is 3. The summed E-state index contributed by atoms with van der Waals surface area (Å²) in [6.45, 7) is 3.30. The molecular weight excluding hydrogens is 232 g/mol. The molecule has 0 aliphatic rings. The van der Waals surface area contributed by atoms with Gasteiger partial charge in [-0.25, -0.2) is 0 Å². The number of methoxy groups -OCH3 is 3. The highest BCUT2D eigenvalue weighted by Crippen LogP contribution is 2.39. The number of nitrogens with two attached hydrogens (primary N) is 1. The van der Waals surface area contributed by atoms with E-state index in [0.717, 1.165) is 5.56 Å². The second-order valence-corrected chi connectivity index (χ2v) is 4.01. The van der Waals surface area contributed by atoms with Crippen LogP contribution in [0.4, 0.5) is 0 Å². The number of hydrogen-bond donors (Lipinski definition) is 2. The Morgan fingerprint density at radius 3 is 2.28 bits per heavy atom. The Hall–Kier alpha value is -1.46. The van der Waals surface area contributed by atoms with Crippen LogP contribution in [0.3, 0.4) is 0 Å². The van der Waals surface area contributed by atoms with Gasteiger partial charge in [0.05, 0.1) is 21.3 Å². The van der Waals surface area contributed by atoms with Gasteiger partial charge in [0.15, 0.2) is 11.5 Å². The number of rotatable bonds is 7. The molecule has 5 nitrogen and oxygen atoms in total. The maximum Gasteiger partial charge on any atom is 0.203 e. The van der Waals surface area contributed by atoms with Gasteiger partial charge in [0.2, 0.25) is 5.75 Å². The minimum absolute atomic E-state index is 0.253. The highest BCUT2D eigenvalue weighted by Gasteiger charge is 2.15. The maximum atomic E-state index is 5.57. The van der Waals surface area contributed by atoms with Crippen LogP contribution in [0.2, 0.25) is 0 Å². The summed E-state index contributed by atoms with van der Waals surface area (Å²) >= 11 is 0. The summed E-state index contributed by atoms with van der Waals surface area (Å²) in [5.74, 6) is 1.96. The SMILES string of the molecule is COc1ccc(CN[C@@H](C)CN)c(OC)c1OC. The van der Waals surface area contributed by atoms with Crippen molar-refractivity contribution in [2.45, 2.75) is 19.5 Å². The molecule has 1 aromatic carbocycles. The van der Waals surface area contributed by atoms with E-state index in [9.17, 15) is 0 Å². The lowest BCUT2D eigenvalue weighted by Gasteiger charge is -2.17. The van der Waals surface area contributed by atoms with Crippen LogP contribution in [0.1, 0.15) is 12.5 Å². The summed E-state index contributed by atoms with van der Waals surface area (Å²) in [6.07, 6.45) is 0. The molecule has 1 rings (SSSR count). The van der Waals surface area contributed by atoms with E-state index in [-0.39, 0.29) is 6.04 Å². The molecule has 0 aromatic heterocycles. The standard InChI is InChI=1S/C13H22N2O3/c1-9(7-14)15-8-10-5-6-11(16-2)13(18-4)12(10)17-3/h5-6,9,15H,7-8,14H2,1-4H3/t9-/m0/s1. The smallest absolute Gasteiger partial charge is 0.203 e. The summed E-state index contributed by atoms with van der Waals surface area (Å²) < 4.78 is 16.0. The Kier molecular flexibility index (Phi) is 5.74. The van der Waals surface area contributed by atoms with E-state index in [0.29, 0.717) is 30.3 Å². The quantitative estimate of drug-likeness (QED) is 0.764. The van der Waals surface area contributed by atoms with E-state index >= 15 is 0 Å². The van der Waals surface area contributed by atoms with Crippen molar-refractivity contribution < 1.29 is 14.2 Å². The fourth-order valence-electron chi connectivity index (χ4n) is 1.67. The van der Waals surface area contributed by atoms with Crippen molar-refractivity contribution in [3.63, 3.8) is 0 Å². The normalized spacial score (nSPS) is 12.1. The first-order valence-corrected chi connectivity index (χ1v) is 5.89. The lowest BCUT2D eigenvalue weighted by Crippen LogP contribution is -2.32. The number of hydrogen-bond acceptors (Lipinski definition) is 5. The number of benzene rings is 1. The molecule has 0 heterocycles. The summed E-state index contributed by atoms with van der Waals surface area (Å²) in [5.41, 5.74) is 6.58. The zero-order chi connectivity index (χ0) is 13.5. The van der Waals surface area contributed by atoms with Crippen LogP contribution in [0.25, 0.3) is 0 Å². The van der Waals surface area contributed by atoms with E-state index in [1.165, 1.54) is 0 Å². The zero-order valence-corrected chi connectivity index (χ0v) is 11.4. The van der Waals surface area contributed by atoms with Gasteiger partial charge in [-0.3, -0.25) is 0 Å². The first kappa shape index (κ1) is 14.6. The Bertz CT molecular complexity index is 383. The van der Waals surface area contributed by atoms with Crippen LogP contribution in [0.15, 0.2) is 12.1 Å². The predicted molar refractivity (Wildman–Crippen MR) is 71.5 cm³/mol. The Labute approximate surface area is 108 Å². The third-order valence-corrected chi connectivity index (χ3v) is 2.78. The summed E-state index contributed by atoms with van der Waals surface area (Å²) in [7, 11) is 4.82. The van der Waals surface area contributed by atoms with Gasteiger partial charge in [0, 0.05) is 24.7 Å². The highest BCUT2D eigenvalue weighted by molar-refractivity contribution is 5.55. The van der Waals surface area contributed by atoms with Gasteiger partial charge in [-0.15, -0.1) is 0 Å².